The molecule has 21 heteroatoms. The fourth-order valence-corrected chi connectivity index (χ4v) is 9.13. The number of nitrogens with zero attached hydrogens (tertiary/aromatic N) is 4. The van der Waals surface area contributed by atoms with E-state index in [1.54, 1.807) is 16.8 Å². The van der Waals surface area contributed by atoms with Gasteiger partial charge in [-0.3, -0.25) is 14.3 Å². The zero-order valence-electron chi connectivity index (χ0n) is 39.3. The van der Waals surface area contributed by atoms with Gasteiger partial charge in [-0.1, -0.05) is 62.7 Å². The van der Waals surface area contributed by atoms with Crippen LogP contribution in [0, 0.1) is 12.3 Å². The highest BCUT2D eigenvalue weighted by atomic mass is 35.5. The molecule has 0 spiro atoms. The van der Waals surface area contributed by atoms with E-state index < -0.39 is 58.0 Å². The van der Waals surface area contributed by atoms with E-state index in [0.29, 0.717) is 39.0 Å². The number of aliphatic hydroxyl groups is 1. The number of aliphatic hydroxyl groups excluding tert-OH is 1. The Bertz CT molecular complexity index is 2570. The lowest BCUT2D eigenvalue weighted by Gasteiger charge is -2.35. The van der Waals surface area contributed by atoms with E-state index in [9.17, 15) is 46.1 Å². The van der Waals surface area contributed by atoms with E-state index in [2.05, 4.69) is 20.7 Å². The summed E-state index contributed by atoms with van der Waals surface area (Å²) < 4.78 is 100. The Balaban J connectivity index is 0.922. The Morgan fingerprint density at radius 3 is 2.23 bits per heavy atom. The summed E-state index contributed by atoms with van der Waals surface area (Å²) in [5.41, 5.74) is 1.28. The summed E-state index contributed by atoms with van der Waals surface area (Å²) in [5, 5.41) is 31.1. The number of phenols is 1. The highest BCUT2D eigenvalue weighted by Crippen LogP contribution is 2.47. The van der Waals surface area contributed by atoms with Crippen LogP contribution in [-0.4, -0.2) is 106 Å². The number of rotatable bonds is 21. The number of benzene rings is 3. The summed E-state index contributed by atoms with van der Waals surface area (Å²) in [6, 6.07) is 12.8. The fourth-order valence-electron chi connectivity index (χ4n) is 8.09. The van der Waals surface area contributed by atoms with Crippen LogP contribution >= 0.6 is 22.9 Å². The van der Waals surface area contributed by atoms with Gasteiger partial charge in [0.05, 0.1) is 76.5 Å². The first-order chi connectivity index (χ1) is 33.0. The van der Waals surface area contributed by atoms with E-state index in [0.717, 1.165) is 44.6 Å². The van der Waals surface area contributed by atoms with E-state index in [-0.39, 0.29) is 79.3 Å². The number of unbranched alkanes of at least 4 members (excludes halogenated alkanes) is 2. The van der Waals surface area contributed by atoms with Crippen molar-refractivity contribution in [1.82, 2.24) is 30.3 Å². The number of aromatic hydroxyl groups is 1. The third kappa shape index (κ3) is 13.8. The molecule has 6 rings (SSSR count). The van der Waals surface area contributed by atoms with Crippen molar-refractivity contribution < 1.29 is 60.4 Å². The number of nitrogens with one attached hydrogen (secondary N) is 2. The van der Waals surface area contributed by atoms with Gasteiger partial charge < -0.3 is 40.0 Å². The lowest BCUT2D eigenvalue weighted by Crippen LogP contribution is -2.57. The average molecular weight is 1020 g/mol. The summed E-state index contributed by atoms with van der Waals surface area (Å²) in [5.74, 6) is -1.22. The first kappa shape index (κ1) is 54.1. The maximum atomic E-state index is 14.0. The zero-order valence-corrected chi connectivity index (χ0v) is 40.9. The molecule has 0 unspecified atom stereocenters. The Kier molecular flexibility index (Phi) is 18.0. The first-order valence-electron chi connectivity index (χ1n) is 22.7. The van der Waals surface area contributed by atoms with Crippen molar-refractivity contribution in [2.75, 3.05) is 46.1 Å². The van der Waals surface area contributed by atoms with Crippen LogP contribution in [0.25, 0.3) is 32.8 Å². The molecule has 1 saturated heterocycles. The Morgan fingerprint density at radius 2 is 1.59 bits per heavy atom. The maximum absolute atomic E-state index is 14.0. The first-order valence-corrected chi connectivity index (χ1v) is 23.9. The Hall–Kier alpha value is -5.25. The number of aromatic nitrogens is 3. The van der Waals surface area contributed by atoms with E-state index in [4.69, 9.17) is 25.8 Å². The molecule has 4 N–H and O–H groups in total. The molecule has 0 saturated carbocycles. The maximum Gasteiger partial charge on any atom is 0.435 e. The quantitative estimate of drug-likeness (QED) is 0.0412. The number of halogens is 7. The lowest BCUT2D eigenvalue weighted by atomic mass is 9.85. The summed E-state index contributed by atoms with van der Waals surface area (Å²) >= 11 is 7.42. The monoisotopic (exact) mass is 1020 g/mol. The number of carbonyl (C=O) groups excluding carboxylic acids is 2. The number of hydrogen-bond donors (Lipinski definition) is 4. The van der Waals surface area contributed by atoms with Gasteiger partial charge in [0.25, 0.3) is 0 Å². The minimum absolute atomic E-state index is 0.00882. The molecule has 3 atom stereocenters. The number of carbonyl (C=O) groups is 2. The minimum atomic E-state index is -4.83. The average Bonchev–Trinajstić information content (AvgIpc) is 4.03. The molecule has 0 radical (unpaired) electrons. The highest BCUT2D eigenvalue weighted by Gasteiger charge is 2.44. The van der Waals surface area contributed by atoms with Crippen LogP contribution in [-0.2, 0) is 45.0 Å². The van der Waals surface area contributed by atoms with Crippen LogP contribution < -0.4 is 15.4 Å². The third-order valence-corrected chi connectivity index (χ3v) is 13.0. The van der Waals surface area contributed by atoms with E-state index in [1.165, 1.54) is 30.1 Å². The molecule has 70 heavy (non-hydrogen) atoms. The van der Waals surface area contributed by atoms with Crippen LogP contribution in [0.15, 0.2) is 66.2 Å². The summed E-state index contributed by atoms with van der Waals surface area (Å²) in [7, 11) is 1.25. The number of amides is 2. The SMILES string of the molecule is Cc1ncsc1-c1ccc(CNC(=O)[C@@H]2C[C@@H](O)CN2C(=O)[C@@H](NCCOCCOCCCCCOc2ccc(-c3cc(C(F)(F)F)nn3C)c(O)c2-c2ccc(Cl)c(C(F)(F)F)c2)C(C)(C)C)cc1. The molecule has 2 aromatic heterocycles. The minimum Gasteiger partial charge on any atom is -0.506 e. The van der Waals surface area contributed by atoms with E-state index >= 15 is 0 Å². The van der Waals surface area contributed by atoms with Crippen molar-refractivity contribution in [3.63, 3.8) is 0 Å². The number of likely N-dealkylation sites (tertiary alicyclic amines) is 1. The van der Waals surface area contributed by atoms with Gasteiger partial charge in [0.2, 0.25) is 11.8 Å². The van der Waals surface area contributed by atoms with Crippen LogP contribution in [0.4, 0.5) is 26.3 Å². The fraction of sp³-hybridized carbons (Fsp3) is 0.469. The molecule has 1 fully saturated rings. The molecule has 3 heterocycles. The van der Waals surface area contributed by atoms with Gasteiger partial charge in [-0.2, -0.15) is 31.4 Å². The normalized spacial score (nSPS) is 15.9. The van der Waals surface area contributed by atoms with Gasteiger partial charge in [0.1, 0.15) is 17.5 Å². The van der Waals surface area contributed by atoms with Gasteiger partial charge in [0, 0.05) is 45.3 Å². The molecule has 2 amide bonds. The molecule has 13 nitrogen and oxygen atoms in total. The number of alkyl halides is 6. The zero-order chi connectivity index (χ0) is 51.0. The predicted molar refractivity (Wildman–Crippen MR) is 253 cm³/mol. The standard InChI is InChI=1S/C49H57ClF6N6O7S/c1-29-43(70-28-59-29)31-11-9-30(10-12-31)26-58-45(65)38-24-33(63)27-62(38)46(66)44(47(2,3)4)57-17-20-68-22-21-67-18-7-6-8-19-69-39-16-14-34(37-25-40(49(54,55)56)60-61(37)5)42(64)41(39)32-13-15-36(50)35(23-32)48(51,52)53/h9-16,23,25,28,33,38,44,57,63-64H,6-8,17-22,24,26-27H2,1-5H3,(H,58,65)/t33-,38+,44-/m1/s1. The van der Waals surface area contributed by atoms with Gasteiger partial charge >= 0.3 is 12.4 Å². The van der Waals surface area contributed by atoms with Gasteiger partial charge in [-0.05, 0) is 78.6 Å². The smallest absolute Gasteiger partial charge is 0.435 e. The number of hydrogen-bond acceptors (Lipinski definition) is 11. The number of β-amino-alcohol motifs (C(OH)–C–C–N with tert-alkyl or cyclic N) is 1. The van der Waals surface area contributed by atoms with Gasteiger partial charge in [-0.25, -0.2) is 4.98 Å². The molecule has 5 aromatic rings. The van der Waals surface area contributed by atoms with Crippen molar-refractivity contribution in [3.8, 4) is 44.3 Å². The third-order valence-electron chi connectivity index (χ3n) is 11.7. The van der Waals surface area contributed by atoms with Crippen LogP contribution in [0.1, 0.15) is 69.0 Å². The molecule has 1 aliphatic heterocycles. The van der Waals surface area contributed by atoms with Gasteiger partial charge in [0.15, 0.2) is 5.69 Å². The second kappa shape index (κ2) is 23.3. The second-order valence-corrected chi connectivity index (χ2v) is 19.3. The van der Waals surface area contributed by atoms with Crippen LogP contribution in [0.5, 0.6) is 11.5 Å². The van der Waals surface area contributed by atoms with Crippen molar-refractivity contribution in [3.05, 3.63) is 93.7 Å². The lowest BCUT2D eigenvalue weighted by molar-refractivity contribution is -0.142. The van der Waals surface area contributed by atoms with E-state index in [1.807, 2.05) is 52.0 Å². The topological polar surface area (TPSA) is 160 Å². The second-order valence-electron chi connectivity index (χ2n) is 18.0. The molecule has 0 aliphatic carbocycles. The van der Waals surface area contributed by atoms with Crippen LogP contribution in [0.2, 0.25) is 5.02 Å². The van der Waals surface area contributed by atoms with Gasteiger partial charge in [-0.15, -0.1) is 11.3 Å². The van der Waals surface area contributed by atoms with Crippen molar-refractivity contribution in [2.24, 2.45) is 12.5 Å². The number of phenolic OH excluding ortho intramolecular Hbond substituents is 1. The Morgan fingerprint density at radius 1 is 0.900 bits per heavy atom. The summed E-state index contributed by atoms with van der Waals surface area (Å²) in [4.78, 5) is 34.2. The van der Waals surface area contributed by atoms with Crippen LogP contribution in [0.3, 0.4) is 0 Å². The van der Waals surface area contributed by atoms with Crippen molar-refractivity contribution in [1.29, 1.82) is 0 Å². The highest BCUT2D eigenvalue weighted by molar-refractivity contribution is 7.13. The Labute approximate surface area is 411 Å². The molecule has 1 aliphatic rings. The molecule has 0 bridgehead atoms. The largest absolute Gasteiger partial charge is 0.506 e. The molecule has 380 valence electrons. The summed E-state index contributed by atoms with van der Waals surface area (Å²) in [6.45, 7) is 9.72. The summed E-state index contributed by atoms with van der Waals surface area (Å²) in [6.07, 6.45) is -8.54. The van der Waals surface area contributed by atoms with Crippen molar-refractivity contribution >= 4 is 34.8 Å². The predicted octanol–water partition coefficient (Wildman–Crippen LogP) is 9.45. The van der Waals surface area contributed by atoms with Crippen molar-refractivity contribution in [2.45, 2.75) is 90.5 Å². The molecular weight excluding hydrogens is 966 g/mol. The number of thiazole rings is 1. The molecular formula is C49H57ClF6N6O7S. The molecule has 3 aromatic carbocycles. The number of aryl methyl sites for hydroxylation is 2. The number of ether oxygens (including phenoxy) is 3.